The van der Waals surface area contributed by atoms with E-state index in [1.165, 1.54) is 30.2 Å². The average Bonchev–Trinajstić information content (AvgIpc) is 3.32. The molecule has 8 heteroatoms. The van der Waals surface area contributed by atoms with Crippen LogP contribution < -0.4 is 5.32 Å². The Hall–Kier alpha value is -2.61. The van der Waals surface area contributed by atoms with Gasteiger partial charge >= 0.3 is 0 Å². The Morgan fingerprint density at radius 1 is 1.31 bits per heavy atom. The normalized spacial score (nSPS) is 14.7. The minimum Gasteiger partial charge on any atom is -0.310 e. The predicted molar refractivity (Wildman–Crippen MR) is 115 cm³/mol. The molecule has 1 aliphatic carbocycles. The molecule has 0 saturated heterocycles. The van der Waals surface area contributed by atoms with Crippen LogP contribution in [0.2, 0.25) is 0 Å². The van der Waals surface area contributed by atoms with E-state index in [9.17, 15) is 4.79 Å². The van der Waals surface area contributed by atoms with Crippen LogP contribution in [0.15, 0.2) is 41.7 Å². The molecule has 4 rings (SSSR count). The quantitative estimate of drug-likeness (QED) is 0.564. The molecule has 2 heterocycles. The van der Waals surface area contributed by atoms with E-state index in [1.807, 2.05) is 27.4 Å². The molecule has 1 atom stereocenters. The first-order valence-electron chi connectivity index (χ1n) is 10.0. The number of benzene rings is 1. The maximum Gasteiger partial charge on any atom is 0.235 e. The third-order valence-corrected chi connectivity index (χ3v) is 6.24. The fourth-order valence-electron chi connectivity index (χ4n) is 3.50. The summed E-state index contributed by atoms with van der Waals surface area (Å²) >= 11 is 1.40. The second-order valence-corrected chi connectivity index (χ2v) is 8.44. The molecule has 1 saturated carbocycles. The number of aromatic nitrogens is 5. The Bertz CT molecular complexity index is 1010. The molecule has 0 radical (unpaired) electrons. The van der Waals surface area contributed by atoms with Gasteiger partial charge in [0.25, 0.3) is 0 Å². The van der Waals surface area contributed by atoms with Gasteiger partial charge in [-0.15, -0.1) is 10.2 Å². The molecular weight excluding hydrogens is 384 g/mol. The van der Waals surface area contributed by atoms with Gasteiger partial charge in [0.2, 0.25) is 5.91 Å². The number of carbonyl (C=O) groups is 1. The molecule has 1 amide bonds. The van der Waals surface area contributed by atoms with E-state index in [-0.39, 0.29) is 11.7 Å². The van der Waals surface area contributed by atoms with Crippen molar-refractivity contribution in [1.82, 2.24) is 24.5 Å². The smallest absolute Gasteiger partial charge is 0.235 e. The second kappa shape index (κ2) is 8.41. The molecule has 1 aliphatic rings. The zero-order valence-electron chi connectivity index (χ0n) is 17.0. The van der Waals surface area contributed by atoms with Gasteiger partial charge in [-0.1, -0.05) is 35.5 Å². The molecule has 152 valence electrons. The van der Waals surface area contributed by atoms with E-state index < -0.39 is 0 Å². The predicted octanol–water partition coefficient (Wildman–Crippen LogP) is 4.17. The van der Waals surface area contributed by atoms with Crippen LogP contribution in [0.5, 0.6) is 0 Å². The largest absolute Gasteiger partial charge is 0.310 e. The first kappa shape index (κ1) is 19.7. The highest BCUT2D eigenvalue weighted by molar-refractivity contribution is 7.99. The standard InChI is InChI=1S/C21H26N6OS/c1-4-26-20(17-7-5-6-14(2)12-17)24-25-21(26)29-13-19(28)23-18-10-11-22-27(18)15(3)16-8-9-16/h5-7,10-12,15-16H,4,8-9,13H2,1-3H3,(H,23,28). The Morgan fingerprint density at radius 3 is 2.86 bits per heavy atom. The fraction of sp³-hybridized carbons (Fsp3) is 0.429. The van der Waals surface area contributed by atoms with E-state index in [1.54, 1.807) is 6.20 Å². The Morgan fingerprint density at radius 2 is 2.14 bits per heavy atom. The number of rotatable bonds is 8. The van der Waals surface area contributed by atoms with Crippen LogP contribution in [-0.2, 0) is 11.3 Å². The van der Waals surface area contributed by atoms with Crippen molar-refractivity contribution in [3.05, 3.63) is 42.1 Å². The Balaban J connectivity index is 1.42. The van der Waals surface area contributed by atoms with Gasteiger partial charge in [-0.3, -0.25) is 4.79 Å². The molecule has 3 aromatic rings. The van der Waals surface area contributed by atoms with Gasteiger partial charge in [0.1, 0.15) is 5.82 Å². The number of hydrogen-bond acceptors (Lipinski definition) is 5. The summed E-state index contributed by atoms with van der Waals surface area (Å²) in [4.78, 5) is 12.5. The van der Waals surface area contributed by atoms with Gasteiger partial charge < -0.3 is 9.88 Å². The molecule has 0 aliphatic heterocycles. The number of hydrogen-bond donors (Lipinski definition) is 1. The Kier molecular flexibility index (Phi) is 5.71. The van der Waals surface area contributed by atoms with Crippen molar-refractivity contribution in [1.29, 1.82) is 0 Å². The third kappa shape index (κ3) is 4.37. The van der Waals surface area contributed by atoms with Crippen LogP contribution in [0.4, 0.5) is 5.82 Å². The molecular formula is C21H26N6OS. The molecule has 1 fully saturated rings. The number of nitrogens with one attached hydrogen (secondary N) is 1. The topological polar surface area (TPSA) is 77.6 Å². The number of amides is 1. The highest BCUT2D eigenvalue weighted by Gasteiger charge is 2.30. The molecule has 7 nitrogen and oxygen atoms in total. The number of anilines is 1. The maximum absolute atomic E-state index is 12.5. The highest BCUT2D eigenvalue weighted by atomic mass is 32.2. The van der Waals surface area contributed by atoms with Crippen LogP contribution in [0.25, 0.3) is 11.4 Å². The Labute approximate surface area is 174 Å². The lowest BCUT2D eigenvalue weighted by atomic mass is 10.1. The van der Waals surface area contributed by atoms with Gasteiger partial charge in [-0.25, -0.2) is 4.68 Å². The summed E-state index contributed by atoms with van der Waals surface area (Å²) in [6.07, 6.45) is 4.21. The fourth-order valence-corrected chi connectivity index (χ4v) is 4.31. The summed E-state index contributed by atoms with van der Waals surface area (Å²) in [5.74, 6) is 2.46. The van der Waals surface area contributed by atoms with Crippen molar-refractivity contribution >= 4 is 23.5 Å². The van der Waals surface area contributed by atoms with Gasteiger partial charge in [-0.2, -0.15) is 5.10 Å². The van der Waals surface area contributed by atoms with Crippen molar-refractivity contribution in [3.8, 4) is 11.4 Å². The number of thioether (sulfide) groups is 1. The van der Waals surface area contributed by atoms with Crippen LogP contribution >= 0.6 is 11.8 Å². The van der Waals surface area contributed by atoms with Crippen molar-refractivity contribution in [2.75, 3.05) is 11.1 Å². The van der Waals surface area contributed by atoms with Crippen molar-refractivity contribution in [3.63, 3.8) is 0 Å². The van der Waals surface area contributed by atoms with Gasteiger partial charge in [0.15, 0.2) is 11.0 Å². The van der Waals surface area contributed by atoms with Gasteiger partial charge in [0.05, 0.1) is 18.0 Å². The average molecular weight is 411 g/mol. The molecule has 29 heavy (non-hydrogen) atoms. The maximum atomic E-state index is 12.5. The number of nitrogens with zero attached hydrogens (tertiary/aromatic N) is 5. The molecule has 1 unspecified atom stereocenters. The molecule has 0 spiro atoms. The highest BCUT2D eigenvalue weighted by Crippen LogP contribution is 2.40. The van der Waals surface area contributed by atoms with Crippen LogP contribution in [0.1, 0.15) is 38.3 Å². The van der Waals surface area contributed by atoms with Gasteiger partial charge in [0, 0.05) is 18.2 Å². The first-order chi connectivity index (χ1) is 14.1. The second-order valence-electron chi connectivity index (χ2n) is 7.50. The summed E-state index contributed by atoms with van der Waals surface area (Å²) in [5.41, 5.74) is 2.22. The van der Waals surface area contributed by atoms with E-state index in [0.717, 1.165) is 28.9 Å². The lowest BCUT2D eigenvalue weighted by Gasteiger charge is -2.15. The van der Waals surface area contributed by atoms with Crippen molar-refractivity contribution < 1.29 is 4.79 Å². The minimum absolute atomic E-state index is 0.0671. The van der Waals surface area contributed by atoms with E-state index in [4.69, 9.17) is 0 Å². The van der Waals surface area contributed by atoms with Crippen LogP contribution in [0.3, 0.4) is 0 Å². The molecule has 1 aromatic carbocycles. The van der Waals surface area contributed by atoms with E-state index >= 15 is 0 Å². The number of aryl methyl sites for hydroxylation is 1. The zero-order chi connectivity index (χ0) is 20.4. The minimum atomic E-state index is -0.0671. The van der Waals surface area contributed by atoms with Crippen molar-refractivity contribution in [2.24, 2.45) is 5.92 Å². The third-order valence-electron chi connectivity index (χ3n) is 5.27. The van der Waals surface area contributed by atoms with E-state index in [2.05, 4.69) is 53.5 Å². The lowest BCUT2D eigenvalue weighted by molar-refractivity contribution is -0.113. The molecule has 2 aromatic heterocycles. The first-order valence-corrected chi connectivity index (χ1v) is 11.0. The monoisotopic (exact) mass is 410 g/mol. The van der Waals surface area contributed by atoms with E-state index in [0.29, 0.717) is 12.0 Å². The summed E-state index contributed by atoms with van der Waals surface area (Å²) in [5, 5.41) is 16.8. The zero-order valence-corrected chi connectivity index (χ0v) is 17.8. The molecule has 1 N–H and O–H groups in total. The van der Waals surface area contributed by atoms with Crippen molar-refractivity contribution in [2.45, 2.75) is 51.4 Å². The van der Waals surface area contributed by atoms with Gasteiger partial charge in [-0.05, 0) is 45.6 Å². The lowest BCUT2D eigenvalue weighted by Crippen LogP contribution is -2.20. The van der Waals surface area contributed by atoms with Crippen LogP contribution in [-0.4, -0.2) is 36.2 Å². The molecule has 0 bridgehead atoms. The summed E-state index contributed by atoms with van der Waals surface area (Å²) in [7, 11) is 0. The summed E-state index contributed by atoms with van der Waals surface area (Å²) < 4.78 is 3.97. The SMILES string of the molecule is CCn1c(SCC(=O)Nc2ccnn2C(C)C2CC2)nnc1-c1cccc(C)c1. The summed E-state index contributed by atoms with van der Waals surface area (Å²) in [6, 6.07) is 10.4. The van der Waals surface area contributed by atoms with Crippen LogP contribution in [0, 0.1) is 12.8 Å². The summed E-state index contributed by atoms with van der Waals surface area (Å²) in [6.45, 7) is 7.02. The number of carbonyl (C=O) groups excluding carboxylic acids is 1.